The molecule has 1 heteroatoms. The van der Waals surface area contributed by atoms with Crippen LogP contribution in [-0.4, -0.2) is 0 Å². The normalized spacial score (nSPS) is 13.3. The van der Waals surface area contributed by atoms with Crippen LogP contribution in [0, 0.1) is 27.6 Å². The summed E-state index contributed by atoms with van der Waals surface area (Å²) in [4.78, 5) is 0. The molecule has 0 aliphatic rings. The molecule has 0 spiro atoms. The fraction of sp³-hybridized carbons (Fsp3) is 0.227. The van der Waals surface area contributed by atoms with Gasteiger partial charge in [0.15, 0.2) is 6.20 Å². The molecular formula is C22H24N+. The Kier molecular flexibility index (Phi) is 3.15. The van der Waals surface area contributed by atoms with Crippen LogP contribution in [0.2, 0.25) is 0 Å². The Hall–Kier alpha value is -2.41. The van der Waals surface area contributed by atoms with Gasteiger partial charge >= 0.3 is 0 Å². The fourth-order valence-corrected chi connectivity index (χ4v) is 2.92. The minimum Gasteiger partial charge on any atom is -0.201 e. The number of nitrogens with zero attached hydrogens (tertiary/aromatic N) is 1. The summed E-state index contributed by atoms with van der Waals surface area (Å²) in [6, 6.07) is 16.3. The second-order valence-corrected chi connectivity index (χ2v) is 6.21. The van der Waals surface area contributed by atoms with Crippen molar-refractivity contribution in [3.8, 4) is 22.4 Å². The van der Waals surface area contributed by atoms with Crippen LogP contribution in [0.4, 0.5) is 0 Å². The molecule has 0 aliphatic carbocycles. The molecule has 0 amide bonds. The van der Waals surface area contributed by atoms with Crippen molar-refractivity contribution in [3.63, 3.8) is 0 Å². The average Bonchev–Trinajstić information content (AvgIpc) is 2.57. The quantitative estimate of drug-likeness (QED) is 0.581. The molecule has 0 saturated carbocycles. The van der Waals surface area contributed by atoms with Gasteiger partial charge in [-0.25, -0.2) is 4.57 Å². The van der Waals surface area contributed by atoms with E-state index < -0.39 is 6.85 Å². The lowest BCUT2D eigenvalue weighted by molar-refractivity contribution is -0.660. The Morgan fingerprint density at radius 2 is 1.57 bits per heavy atom. The molecule has 0 N–H and O–H groups in total. The molecule has 0 radical (unpaired) electrons. The van der Waals surface area contributed by atoms with Crippen LogP contribution in [0.15, 0.2) is 54.7 Å². The molecule has 0 bridgehead atoms. The molecule has 0 atom stereocenters. The first-order valence-corrected chi connectivity index (χ1v) is 7.86. The topological polar surface area (TPSA) is 3.88 Å². The summed E-state index contributed by atoms with van der Waals surface area (Å²) < 4.78 is 25.9. The van der Waals surface area contributed by atoms with Crippen LogP contribution in [0.5, 0.6) is 0 Å². The lowest BCUT2D eigenvalue weighted by Gasteiger charge is -2.11. The van der Waals surface area contributed by atoms with Crippen molar-refractivity contribution in [1.82, 2.24) is 0 Å². The van der Waals surface area contributed by atoms with Gasteiger partial charge in [-0.2, -0.15) is 0 Å². The Bertz CT molecular complexity index is 972. The highest BCUT2D eigenvalue weighted by Gasteiger charge is 2.16. The van der Waals surface area contributed by atoms with Gasteiger partial charge in [0.2, 0.25) is 5.69 Å². The van der Waals surface area contributed by atoms with E-state index in [0.29, 0.717) is 5.56 Å². The Morgan fingerprint density at radius 1 is 0.783 bits per heavy atom. The van der Waals surface area contributed by atoms with Gasteiger partial charge in [0.05, 0.1) is 0 Å². The number of benzene rings is 2. The van der Waals surface area contributed by atoms with Gasteiger partial charge < -0.3 is 0 Å². The number of hydrogen-bond donors (Lipinski definition) is 0. The molecule has 0 aliphatic heterocycles. The van der Waals surface area contributed by atoms with Crippen LogP contribution >= 0.6 is 0 Å². The Morgan fingerprint density at radius 3 is 2.26 bits per heavy atom. The van der Waals surface area contributed by atoms with Crippen molar-refractivity contribution in [3.05, 3.63) is 77.0 Å². The van der Waals surface area contributed by atoms with E-state index in [1.54, 1.807) is 6.20 Å². The van der Waals surface area contributed by atoms with E-state index >= 15 is 0 Å². The summed E-state index contributed by atoms with van der Waals surface area (Å²) in [6.07, 6.45) is 1.75. The van der Waals surface area contributed by atoms with Gasteiger partial charge in [-0.3, -0.25) is 0 Å². The number of aryl methyl sites for hydroxylation is 5. The Balaban J connectivity index is 2.31. The zero-order chi connectivity index (χ0) is 19.1. The predicted octanol–water partition coefficient (Wildman–Crippen LogP) is 5.08. The van der Waals surface area contributed by atoms with Crippen molar-refractivity contribution in [2.45, 2.75) is 27.6 Å². The third kappa shape index (κ3) is 2.92. The second kappa shape index (κ2) is 6.00. The van der Waals surface area contributed by atoms with E-state index in [4.69, 9.17) is 4.11 Å². The molecular weight excluding hydrogens is 278 g/mol. The highest BCUT2D eigenvalue weighted by atomic mass is 14.9. The van der Waals surface area contributed by atoms with Gasteiger partial charge in [0.25, 0.3) is 0 Å². The molecule has 2 aromatic carbocycles. The third-order valence-corrected chi connectivity index (χ3v) is 4.51. The van der Waals surface area contributed by atoms with Crippen LogP contribution in [0.1, 0.15) is 26.4 Å². The minimum absolute atomic E-state index is 0.376. The van der Waals surface area contributed by atoms with Gasteiger partial charge in [-0.1, -0.05) is 36.4 Å². The molecule has 0 fully saturated rings. The van der Waals surface area contributed by atoms with Crippen molar-refractivity contribution < 1.29 is 8.68 Å². The standard InChI is InChI=1S/C22H24N/c1-15-10-11-19(12-17(15)3)21-13-22(23(5)14-18(21)4)20-9-7-6-8-16(20)2/h6-14H,1-5H3/q+1/i4D3. The summed E-state index contributed by atoms with van der Waals surface area (Å²) in [6.45, 7) is 4.02. The number of hydrogen-bond acceptors (Lipinski definition) is 0. The van der Waals surface area contributed by atoms with Crippen LogP contribution in [0.3, 0.4) is 0 Å². The van der Waals surface area contributed by atoms with Crippen molar-refractivity contribution >= 4 is 0 Å². The maximum Gasteiger partial charge on any atom is 0.213 e. The van der Waals surface area contributed by atoms with Crippen molar-refractivity contribution in [2.24, 2.45) is 7.05 Å². The zero-order valence-corrected chi connectivity index (χ0v) is 14.1. The van der Waals surface area contributed by atoms with Crippen LogP contribution in [-0.2, 0) is 7.05 Å². The van der Waals surface area contributed by atoms with E-state index in [-0.39, 0.29) is 0 Å². The fourth-order valence-electron chi connectivity index (χ4n) is 2.92. The first kappa shape index (κ1) is 12.1. The molecule has 23 heavy (non-hydrogen) atoms. The summed E-state index contributed by atoms with van der Waals surface area (Å²) >= 11 is 0. The highest BCUT2D eigenvalue weighted by molar-refractivity contribution is 5.73. The molecule has 1 heterocycles. The highest BCUT2D eigenvalue weighted by Crippen LogP contribution is 2.29. The number of rotatable bonds is 2. The maximum atomic E-state index is 7.99. The molecule has 1 aromatic heterocycles. The maximum absolute atomic E-state index is 7.99. The first-order valence-electron chi connectivity index (χ1n) is 9.36. The van der Waals surface area contributed by atoms with Crippen LogP contribution < -0.4 is 4.57 Å². The summed E-state index contributed by atoms with van der Waals surface area (Å²) in [5.74, 6) is 0. The van der Waals surface area contributed by atoms with Gasteiger partial charge in [0.1, 0.15) is 7.05 Å². The van der Waals surface area contributed by atoms with Crippen LogP contribution in [0.25, 0.3) is 22.4 Å². The predicted molar refractivity (Wildman–Crippen MR) is 97.4 cm³/mol. The second-order valence-electron chi connectivity index (χ2n) is 6.21. The first-order chi connectivity index (χ1) is 12.2. The molecule has 116 valence electrons. The largest absolute Gasteiger partial charge is 0.213 e. The SMILES string of the molecule is [2H]C([2H])([2H])c1c[n+](C)c(-c2ccccc2C)cc1-c1ccc(C)c(C)c1. The Labute approximate surface area is 143 Å². The zero-order valence-electron chi connectivity index (χ0n) is 17.1. The molecule has 3 rings (SSSR count). The molecule has 0 saturated heterocycles. The van der Waals surface area contributed by atoms with Gasteiger partial charge in [0, 0.05) is 21.3 Å². The van der Waals surface area contributed by atoms with E-state index in [1.807, 2.05) is 35.9 Å². The van der Waals surface area contributed by atoms with E-state index in [0.717, 1.165) is 33.5 Å². The third-order valence-electron chi connectivity index (χ3n) is 4.51. The monoisotopic (exact) mass is 305 g/mol. The average molecular weight is 305 g/mol. The lowest BCUT2D eigenvalue weighted by Crippen LogP contribution is -2.31. The summed E-state index contributed by atoms with van der Waals surface area (Å²) in [5.41, 5.74) is 7.71. The molecule has 0 unspecified atom stereocenters. The molecule has 3 aromatic rings. The lowest BCUT2D eigenvalue weighted by atomic mass is 9.95. The minimum atomic E-state index is -2.17. The van der Waals surface area contributed by atoms with Gasteiger partial charge in [-0.15, -0.1) is 0 Å². The van der Waals surface area contributed by atoms with Gasteiger partial charge in [-0.05, 0) is 61.5 Å². The van der Waals surface area contributed by atoms with E-state index in [2.05, 4.69) is 45.0 Å². The number of pyridine rings is 1. The summed E-state index contributed by atoms with van der Waals surface area (Å²) in [5, 5.41) is 0. The van der Waals surface area contributed by atoms with E-state index in [1.165, 1.54) is 5.56 Å². The smallest absolute Gasteiger partial charge is 0.201 e. The molecule has 1 nitrogen and oxygen atoms in total. The van der Waals surface area contributed by atoms with E-state index in [9.17, 15) is 0 Å². The van der Waals surface area contributed by atoms with Crippen molar-refractivity contribution in [1.29, 1.82) is 0 Å². The number of aromatic nitrogens is 1. The van der Waals surface area contributed by atoms with Crippen molar-refractivity contribution in [2.75, 3.05) is 0 Å². The summed E-state index contributed by atoms with van der Waals surface area (Å²) in [7, 11) is 1.90.